The van der Waals surface area contributed by atoms with Crippen molar-refractivity contribution < 1.29 is 39.7 Å². The minimum absolute atomic E-state index is 0.0237. The lowest BCUT2D eigenvalue weighted by atomic mass is 10.2. The third kappa shape index (κ3) is 4.63. The lowest BCUT2D eigenvalue weighted by molar-refractivity contribution is -0.250. The fourth-order valence-corrected chi connectivity index (χ4v) is 1.78. The van der Waals surface area contributed by atoms with Crippen LogP contribution in [0.25, 0.3) is 0 Å². The zero-order valence-corrected chi connectivity index (χ0v) is 11.5. The molecule has 1 N–H and O–H groups in total. The highest BCUT2D eigenvalue weighted by Crippen LogP contribution is 2.38. The molecule has 0 spiro atoms. The van der Waals surface area contributed by atoms with Crippen LogP contribution >= 0.6 is 0 Å². The summed E-state index contributed by atoms with van der Waals surface area (Å²) in [4.78, 5) is 3.72. The van der Waals surface area contributed by atoms with E-state index in [9.17, 15) is 30.4 Å². The first-order valence-electron chi connectivity index (χ1n) is 5.57. The third-order valence-electron chi connectivity index (χ3n) is 2.33. The lowest BCUT2D eigenvalue weighted by Crippen LogP contribution is -2.50. The van der Waals surface area contributed by atoms with Crippen LogP contribution in [0.1, 0.15) is 5.56 Å². The molecule has 0 radical (unpaired) electrons. The summed E-state index contributed by atoms with van der Waals surface area (Å²) < 4.78 is 96.4. The number of allylic oxidation sites excluding steroid dienone is 1. The van der Waals surface area contributed by atoms with Gasteiger partial charge in [0.15, 0.2) is 0 Å². The van der Waals surface area contributed by atoms with Crippen molar-refractivity contribution in [2.24, 2.45) is 0 Å². The molecule has 1 atom stereocenters. The molecular formula is C11H10F5NO4S. The molecule has 0 amide bonds. The van der Waals surface area contributed by atoms with Crippen LogP contribution in [0.4, 0.5) is 22.0 Å². The summed E-state index contributed by atoms with van der Waals surface area (Å²) in [6.45, 7) is 0. The average molecular weight is 347 g/mol. The number of nitrogens with zero attached hydrogens (tertiary/aromatic N) is 1. The molecule has 0 fully saturated rings. The van der Waals surface area contributed by atoms with Crippen molar-refractivity contribution in [2.75, 3.05) is 0 Å². The standard InChI is InChI=1S/C11H10F5NO4S/c12-10(13,14)9(11(15,16)22(18,19)20)21-6-2-4-8-3-1-5-17-7-8/h1-3,5-7,9H,4H2,(H,18,19,20). The number of hydrogen-bond acceptors (Lipinski definition) is 4. The Morgan fingerprint density at radius 2 is 1.95 bits per heavy atom. The van der Waals surface area contributed by atoms with Gasteiger partial charge in [0, 0.05) is 12.4 Å². The van der Waals surface area contributed by atoms with Crippen molar-refractivity contribution in [3.05, 3.63) is 42.4 Å². The van der Waals surface area contributed by atoms with Crippen LogP contribution in [0.2, 0.25) is 0 Å². The van der Waals surface area contributed by atoms with E-state index in [1.807, 2.05) is 0 Å². The van der Waals surface area contributed by atoms with Gasteiger partial charge in [-0.2, -0.15) is 30.4 Å². The number of halogens is 5. The molecule has 0 bridgehead atoms. The zero-order valence-electron chi connectivity index (χ0n) is 10.7. The van der Waals surface area contributed by atoms with E-state index in [0.29, 0.717) is 11.8 Å². The average Bonchev–Trinajstić information content (AvgIpc) is 2.36. The second-order valence-corrected chi connectivity index (χ2v) is 5.53. The summed E-state index contributed by atoms with van der Waals surface area (Å²) >= 11 is 0. The molecule has 11 heteroatoms. The van der Waals surface area contributed by atoms with E-state index in [0.717, 1.165) is 6.08 Å². The second kappa shape index (κ2) is 6.57. The summed E-state index contributed by atoms with van der Waals surface area (Å²) in [7, 11) is -6.30. The quantitative estimate of drug-likeness (QED) is 0.486. The van der Waals surface area contributed by atoms with Crippen LogP contribution in [0.5, 0.6) is 0 Å². The zero-order chi connectivity index (χ0) is 17.0. The number of hydrogen-bond donors (Lipinski definition) is 1. The van der Waals surface area contributed by atoms with Gasteiger partial charge in [-0.3, -0.25) is 9.54 Å². The van der Waals surface area contributed by atoms with E-state index in [1.165, 1.54) is 12.4 Å². The van der Waals surface area contributed by atoms with Crippen LogP contribution in [-0.4, -0.2) is 35.5 Å². The van der Waals surface area contributed by atoms with E-state index in [2.05, 4.69) is 9.72 Å². The molecule has 1 aromatic rings. The van der Waals surface area contributed by atoms with Gasteiger partial charge in [-0.25, -0.2) is 0 Å². The normalized spacial score (nSPS) is 15.0. The predicted molar refractivity (Wildman–Crippen MR) is 64.5 cm³/mol. The van der Waals surface area contributed by atoms with Gasteiger partial charge in [0.05, 0.1) is 6.26 Å². The Labute approximate surface area is 122 Å². The van der Waals surface area contributed by atoms with Gasteiger partial charge in [-0.1, -0.05) is 6.07 Å². The van der Waals surface area contributed by atoms with Gasteiger partial charge in [-0.15, -0.1) is 0 Å². The van der Waals surface area contributed by atoms with Gasteiger partial charge in [0.25, 0.3) is 6.10 Å². The van der Waals surface area contributed by atoms with Crippen molar-refractivity contribution in [2.45, 2.75) is 24.0 Å². The summed E-state index contributed by atoms with van der Waals surface area (Å²) in [5, 5.41) is -5.54. The summed E-state index contributed by atoms with van der Waals surface area (Å²) in [6, 6.07) is 3.13. The van der Waals surface area contributed by atoms with Crippen LogP contribution in [0, 0.1) is 0 Å². The third-order valence-corrected chi connectivity index (χ3v) is 3.24. The maximum Gasteiger partial charge on any atom is 0.432 e. The molecule has 0 saturated carbocycles. The van der Waals surface area contributed by atoms with Gasteiger partial charge in [-0.05, 0) is 24.1 Å². The van der Waals surface area contributed by atoms with Crippen molar-refractivity contribution in [1.82, 2.24) is 4.98 Å². The highest BCUT2D eigenvalue weighted by Gasteiger charge is 2.65. The van der Waals surface area contributed by atoms with E-state index in [-0.39, 0.29) is 6.42 Å². The molecular weight excluding hydrogens is 337 g/mol. The molecule has 1 unspecified atom stereocenters. The Morgan fingerprint density at radius 3 is 2.41 bits per heavy atom. The monoisotopic (exact) mass is 347 g/mol. The molecule has 0 aromatic carbocycles. The topological polar surface area (TPSA) is 76.5 Å². The molecule has 1 heterocycles. The molecule has 1 rings (SSSR count). The second-order valence-electron chi connectivity index (χ2n) is 4.03. The maximum absolute atomic E-state index is 13.1. The molecule has 0 aliphatic carbocycles. The first-order valence-corrected chi connectivity index (χ1v) is 7.01. The van der Waals surface area contributed by atoms with Gasteiger partial charge < -0.3 is 4.74 Å². The van der Waals surface area contributed by atoms with E-state index < -0.39 is 27.7 Å². The number of ether oxygens (including phenoxy) is 1. The number of pyridine rings is 1. The largest absolute Gasteiger partial charge is 0.481 e. The smallest absolute Gasteiger partial charge is 0.432 e. The summed E-state index contributed by atoms with van der Waals surface area (Å²) in [6.07, 6.45) is -5.61. The molecule has 1 aromatic heterocycles. The van der Waals surface area contributed by atoms with E-state index in [4.69, 9.17) is 4.55 Å². The number of aromatic nitrogens is 1. The van der Waals surface area contributed by atoms with E-state index >= 15 is 0 Å². The molecule has 0 aliphatic rings. The molecule has 0 saturated heterocycles. The SMILES string of the molecule is O=S(=O)(O)C(F)(F)C(OC=CCc1cccnc1)C(F)(F)F. The lowest BCUT2D eigenvalue weighted by Gasteiger charge is -2.25. The van der Waals surface area contributed by atoms with Crippen molar-refractivity contribution in [3.8, 4) is 0 Å². The first kappa shape index (κ1) is 18.3. The van der Waals surface area contributed by atoms with Crippen molar-refractivity contribution in [3.63, 3.8) is 0 Å². The Bertz CT molecular complexity index is 615. The number of alkyl halides is 5. The predicted octanol–water partition coefficient (Wildman–Crippen LogP) is 2.57. The van der Waals surface area contributed by atoms with Crippen molar-refractivity contribution in [1.29, 1.82) is 0 Å². The van der Waals surface area contributed by atoms with Gasteiger partial charge >= 0.3 is 21.5 Å². The Balaban J connectivity index is 2.84. The fourth-order valence-electron chi connectivity index (χ4n) is 1.32. The highest BCUT2D eigenvalue weighted by atomic mass is 32.2. The van der Waals surface area contributed by atoms with Crippen molar-refractivity contribution >= 4 is 10.1 Å². The first-order chi connectivity index (χ1) is 9.96. The van der Waals surface area contributed by atoms with Crippen LogP contribution in [0.3, 0.4) is 0 Å². The van der Waals surface area contributed by atoms with Gasteiger partial charge in [0.1, 0.15) is 0 Å². The maximum atomic E-state index is 13.1. The fraction of sp³-hybridized carbons (Fsp3) is 0.364. The Hall–Kier alpha value is -1.75. The minimum atomic E-state index is -6.30. The molecule has 5 nitrogen and oxygen atoms in total. The Morgan fingerprint density at radius 1 is 1.32 bits per heavy atom. The van der Waals surface area contributed by atoms with Crippen LogP contribution < -0.4 is 0 Å². The molecule has 124 valence electrons. The highest BCUT2D eigenvalue weighted by molar-refractivity contribution is 7.86. The van der Waals surface area contributed by atoms with Crippen LogP contribution in [-0.2, 0) is 21.3 Å². The Kier molecular flexibility index (Phi) is 5.46. The number of rotatable bonds is 6. The summed E-state index contributed by atoms with van der Waals surface area (Å²) in [5.41, 5.74) is 0.562. The van der Waals surface area contributed by atoms with Gasteiger partial charge in [0.2, 0.25) is 0 Å². The molecule has 22 heavy (non-hydrogen) atoms. The van der Waals surface area contributed by atoms with Crippen LogP contribution in [0.15, 0.2) is 36.9 Å². The molecule has 0 aliphatic heterocycles. The van der Waals surface area contributed by atoms with E-state index in [1.54, 1.807) is 12.1 Å². The minimum Gasteiger partial charge on any atom is -0.481 e. The summed E-state index contributed by atoms with van der Waals surface area (Å²) in [5.74, 6) is 0.